The third-order valence-electron chi connectivity index (χ3n) is 2.98. The van der Waals surface area contributed by atoms with Crippen molar-refractivity contribution >= 4 is 0 Å². The van der Waals surface area contributed by atoms with E-state index in [9.17, 15) is 0 Å². The Bertz CT molecular complexity index is 217. The molecule has 0 aliphatic carbocycles. The Morgan fingerprint density at radius 2 is 2.21 bits per heavy atom. The van der Waals surface area contributed by atoms with Crippen molar-refractivity contribution in [3.8, 4) is 6.07 Å². The molecule has 14 heavy (non-hydrogen) atoms. The highest BCUT2D eigenvalue weighted by molar-refractivity contribution is 5.03. The summed E-state index contributed by atoms with van der Waals surface area (Å²) in [6.07, 6.45) is 5.10. The van der Waals surface area contributed by atoms with Crippen LogP contribution in [0.3, 0.4) is 0 Å². The third kappa shape index (κ3) is 3.28. The maximum absolute atomic E-state index is 8.88. The molecule has 1 fully saturated rings. The van der Waals surface area contributed by atoms with Crippen molar-refractivity contribution < 1.29 is 0 Å². The predicted molar refractivity (Wildman–Crippen MR) is 57.7 cm³/mol. The van der Waals surface area contributed by atoms with Gasteiger partial charge in [-0.05, 0) is 33.2 Å². The Balaban J connectivity index is 2.53. The fraction of sp³-hybridized carbons (Fsp3) is 0.909. The molecule has 3 nitrogen and oxygen atoms in total. The first-order valence-corrected chi connectivity index (χ1v) is 5.49. The van der Waals surface area contributed by atoms with E-state index in [-0.39, 0.29) is 0 Å². The second kappa shape index (κ2) is 4.77. The molecule has 2 atom stereocenters. The highest BCUT2D eigenvalue weighted by atomic mass is 15.2. The highest BCUT2D eigenvalue weighted by Gasteiger charge is 2.25. The molecule has 0 bridgehead atoms. The van der Waals surface area contributed by atoms with Crippen molar-refractivity contribution in [2.45, 2.75) is 51.1 Å². The number of hydrogen-bond donors (Lipinski definition) is 1. The van der Waals surface area contributed by atoms with Gasteiger partial charge in [-0.2, -0.15) is 5.26 Å². The number of nitrogens with two attached hydrogens (primary N) is 1. The second-order valence-electron chi connectivity index (χ2n) is 4.70. The minimum absolute atomic E-state index is 0.578. The van der Waals surface area contributed by atoms with E-state index >= 15 is 0 Å². The molecule has 1 aliphatic heterocycles. The Kier molecular flexibility index (Phi) is 3.91. The molecule has 0 aromatic carbocycles. The third-order valence-corrected chi connectivity index (χ3v) is 2.98. The van der Waals surface area contributed by atoms with Gasteiger partial charge in [-0.15, -0.1) is 0 Å². The lowest BCUT2D eigenvalue weighted by Gasteiger charge is -2.31. The molecular weight excluding hydrogens is 174 g/mol. The van der Waals surface area contributed by atoms with Crippen molar-refractivity contribution in [3.05, 3.63) is 0 Å². The number of nitrogens with zero attached hydrogens (tertiary/aromatic N) is 2. The van der Waals surface area contributed by atoms with Crippen molar-refractivity contribution in [3.63, 3.8) is 0 Å². The van der Waals surface area contributed by atoms with E-state index in [1.54, 1.807) is 0 Å². The van der Waals surface area contributed by atoms with Crippen molar-refractivity contribution in [1.29, 1.82) is 5.26 Å². The van der Waals surface area contributed by atoms with E-state index < -0.39 is 5.54 Å². The summed E-state index contributed by atoms with van der Waals surface area (Å²) in [7, 11) is 0. The molecule has 0 spiro atoms. The molecule has 1 aliphatic rings. The van der Waals surface area contributed by atoms with Crippen LogP contribution in [0.1, 0.15) is 39.5 Å². The average Bonchev–Trinajstić information content (AvgIpc) is 2.32. The Hall–Kier alpha value is -0.590. The SMILES string of the molecule is CC1CCCCCN1CC(C)(N)C#N. The molecule has 0 amide bonds. The minimum atomic E-state index is -0.696. The van der Waals surface area contributed by atoms with Crippen LogP contribution in [-0.4, -0.2) is 29.6 Å². The molecule has 0 aromatic heterocycles. The van der Waals surface area contributed by atoms with Crippen LogP contribution >= 0.6 is 0 Å². The summed E-state index contributed by atoms with van der Waals surface area (Å²) in [6.45, 7) is 5.84. The largest absolute Gasteiger partial charge is 0.313 e. The van der Waals surface area contributed by atoms with Gasteiger partial charge in [0.1, 0.15) is 5.54 Å². The summed E-state index contributed by atoms with van der Waals surface area (Å²) < 4.78 is 0. The standard InChI is InChI=1S/C11H21N3/c1-10-6-4-3-5-7-14(10)9-11(2,13)8-12/h10H,3-7,9,13H2,1-2H3. The Morgan fingerprint density at radius 3 is 2.86 bits per heavy atom. The van der Waals surface area contributed by atoms with Gasteiger partial charge in [-0.25, -0.2) is 0 Å². The summed E-state index contributed by atoms with van der Waals surface area (Å²) in [4.78, 5) is 2.36. The molecule has 0 radical (unpaired) electrons. The van der Waals surface area contributed by atoms with Crippen LogP contribution in [0.25, 0.3) is 0 Å². The van der Waals surface area contributed by atoms with E-state index in [0.717, 1.165) is 6.54 Å². The molecule has 1 rings (SSSR count). The van der Waals surface area contributed by atoms with Gasteiger partial charge < -0.3 is 5.73 Å². The lowest BCUT2D eigenvalue weighted by atomic mass is 10.0. The summed E-state index contributed by atoms with van der Waals surface area (Å²) in [5.74, 6) is 0. The van der Waals surface area contributed by atoms with Gasteiger partial charge in [0.15, 0.2) is 0 Å². The zero-order valence-electron chi connectivity index (χ0n) is 9.29. The van der Waals surface area contributed by atoms with Crippen molar-refractivity contribution in [2.24, 2.45) is 5.73 Å². The number of nitriles is 1. The highest BCUT2D eigenvalue weighted by Crippen LogP contribution is 2.17. The Morgan fingerprint density at radius 1 is 1.50 bits per heavy atom. The lowest BCUT2D eigenvalue weighted by molar-refractivity contribution is 0.188. The van der Waals surface area contributed by atoms with Crippen LogP contribution in [0, 0.1) is 11.3 Å². The molecule has 2 N–H and O–H groups in total. The van der Waals surface area contributed by atoms with Crippen LogP contribution < -0.4 is 5.73 Å². The maximum atomic E-state index is 8.88. The first kappa shape index (κ1) is 11.5. The number of hydrogen-bond acceptors (Lipinski definition) is 3. The topological polar surface area (TPSA) is 53.0 Å². The molecule has 3 heteroatoms. The van der Waals surface area contributed by atoms with E-state index in [0.29, 0.717) is 12.6 Å². The second-order valence-corrected chi connectivity index (χ2v) is 4.70. The number of rotatable bonds is 2. The van der Waals surface area contributed by atoms with E-state index in [1.165, 1.54) is 25.7 Å². The summed E-state index contributed by atoms with van der Waals surface area (Å²) in [5, 5.41) is 8.88. The van der Waals surface area contributed by atoms with Gasteiger partial charge in [0.2, 0.25) is 0 Å². The van der Waals surface area contributed by atoms with Crippen LogP contribution in [0.5, 0.6) is 0 Å². The van der Waals surface area contributed by atoms with Crippen LogP contribution in [0.4, 0.5) is 0 Å². The molecule has 1 heterocycles. The summed E-state index contributed by atoms with van der Waals surface area (Å²) in [6, 6.07) is 2.74. The van der Waals surface area contributed by atoms with Crippen molar-refractivity contribution in [2.75, 3.05) is 13.1 Å². The zero-order chi connectivity index (χ0) is 10.6. The van der Waals surface area contributed by atoms with E-state index in [2.05, 4.69) is 17.9 Å². The van der Waals surface area contributed by atoms with Gasteiger partial charge in [0.05, 0.1) is 6.07 Å². The molecule has 80 valence electrons. The van der Waals surface area contributed by atoms with Crippen molar-refractivity contribution in [1.82, 2.24) is 4.90 Å². The first-order chi connectivity index (χ1) is 6.55. The lowest BCUT2D eigenvalue weighted by Crippen LogP contribution is -2.49. The fourth-order valence-corrected chi connectivity index (χ4v) is 2.03. The normalized spacial score (nSPS) is 28.9. The monoisotopic (exact) mass is 195 g/mol. The summed E-state index contributed by atoms with van der Waals surface area (Å²) >= 11 is 0. The van der Waals surface area contributed by atoms with Crippen LogP contribution in [0.2, 0.25) is 0 Å². The molecule has 1 saturated heterocycles. The summed E-state index contributed by atoms with van der Waals surface area (Å²) in [5.41, 5.74) is 5.16. The van der Waals surface area contributed by atoms with Gasteiger partial charge in [-0.3, -0.25) is 4.90 Å². The maximum Gasteiger partial charge on any atom is 0.114 e. The van der Waals surface area contributed by atoms with Gasteiger partial charge in [0, 0.05) is 12.6 Å². The van der Waals surface area contributed by atoms with Gasteiger partial charge in [0.25, 0.3) is 0 Å². The van der Waals surface area contributed by atoms with E-state index in [1.807, 2.05) is 6.92 Å². The van der Waals surface area contributed by atoms with E-state index in [4.69, 9.17) is 11.0 Å². The molecule has 0 saturated carbocycles. The Labute approximate surface area is 86.9 Å². The minimum Gasteiger partial charge on any atom is -0.313 e. The smallest absolute Gasteiger partial charge is 0.114 e. The van der Waals surface area contributed by atoms with Gasteiger partial charge in [-0.1, -0.05) is 12.8 Å². The molecule has 0 aromatic rings. The number of likely N-dealkylation sites (tertiary alicyclic amines) is 1. The predicted octanol–water partition coefficient (Wildman–Crippen LogP) is 1.49. The van der Waals surface area contributed by atoms with Crippen LogP contribution in [-0.2, 0) is 0 Å². The van der Waals surface area contributed by atoms with Gasteiger partial charge >= 0.3 is 0 Å². The zero-order valence-corrected chi connectivity index (χ0v) is 9.29. The average molecular weight is 195 g/mol. The first-order valence-electron chi connectivity index (χ1n) is 5.49. The molecular formula is C11H21N3. The van der Waals surface area contributed by atoms with Crippen LogP contribution in [0.15, 0.2) is 0 Å². The quantitative estimate of drug-likeness (QED) is 0.726. The molecule has 2 unspecified atom stereocenters. The fourth-order valence-electron chi connectivity index (χ4n) is 2.03.